The number of carbonyl (C=O) groups excluding carboxylic acids is 3. The summed E-state index contributed by atoms with van der Waals surface area (Å²) in [6, 6.07) is 29.2. The van der Waals surface area contributed by atoms with E-state index in [0.717, 1.165) is 38.8 Å². The van der Waals surface area contributed by atoms with Gasteiger partial charge in [0.25, 0.3) is 0 Å². The molecule has 1 spiro atoms. The number of fused-ring (bicyclic) bond motifs is 4. The molecule has 13 nitrogen and oxygen atoms in total. The van der Waals surface area contributed by atoms with E-state index < -0.39 is 51.9 Å². The number of nitrogens with zero attached hydrogens (tertiary/aromatic N) is 3. The monoisotopic (exact) mass is 922 g/mol. The van der Waals surface area contributed by atoms with Crippen LogP contribution in [0, 0.1) is 5.41 Å². The van der Waals surface area contributed by atoms with Crippen LogP contribution in [-0.2, 0) is 59.0 Å². The van der Waals surface area contributed by atoms with Crippen LogP contribution < -0.4 is 9.64 Å². The second-order valence-electron chi connectivity index (χ2n) is 19.6. The van der Waals surface area contributed by atoms with E-state index >= 15 is 4.79 Å². The zero-order chi connectivity index (χ0) is 47.8. The summed E-state index contributed by atoms with van der Waals surface area (Å²) < 4.78 is 24.3. The molecule has 3 N–H and O–H groups in total. The molecule has 5 heterocycles. The fourth-order valence-electron chi connectivity index (χ4n) is 14.1. The van der Waals surface area contributed by atoms with E-state index in [4.69, 9.17) is 18.9 Å². The molecular weight excluding hydrogens is 861 g/mol. The number of anilines is 1. The van der Waals surface area contributed by atoms with Crippen LogP contribution in [0.3, 0.4) is 0 Å². The first kappa shape index (κ1) is 45.8. The highest BCUT2D eigenvalue weighted by molar-refractivity contribution is 5.95. The second-order valence-corrected chi connectivity index (χ2v) is 19.6. The molecule has 1 aromatic heterocycles. The molecule has 1 aliphatic carbocycles. The summed E-state index contributed by atoms with van der Waals surface area (Å²) in [5.74, 6) is -1.88. The Kier molecular flexibility index (Phi) is 11.6. The average Bonchev–Trinajstić information content (AvgIpc) is 4.03. The lowest BCUT2D eigenvalue weighted by Crippen LogP contribution is -2.81. The van der Waals surface area contributed by atoms with E-state index in [1.54, 1.807) is 7.11 Å². The number of methoxy groups -OCH3 is 3. The van der Waals surface area contributed by atoms with E-state index in [-0.39, 0.29) is 25.0 Å². The molecule has 4 aromatic carbocycles. The Labute approximate surface area is 397 Å². The van der Waals surface area contributed by atoms with Crippen molar-refractivity contribution < 1.29 is 43.5 Å². The van der Waals surface area contributed by atoms with Crippen LogP contribution in [0.1, 0.15) is 78.1 Å². The Morgan fingerprint density at radius 3 is 2.34 bits per heavy atom. The van der Waals surface area contributed by atoms with Gasteiger partial charge in [-0.3, -0.25) is 19.4 Å². The molecule has 5 aliphatic rings. The molecule has 8 atom stereocenters. The van der Waals surface area contributed by atoms with Gasteiger partial charge in [0.15, 0.2) is 6.10 Å². The summed E-state index contributed by atoms with van der Waals surface area (Å²) in [4.78, 5) is 54.2. The minimum absolute atomic E-state index is 0.185. The molecule has 13 heteroatoms. The number of nitrogens with one attached hydrogen (secondary N) is 1. The van der Waals surface area contributed by atoms with Crippen molar-refractivity contribution >= 4 is 34.5 Å². The first-order chi connectivity index (χ1) is 32.9. The maximum absolute atomic E-state index is 15.8. The molecule has 0 bridgehead atoms. The number of aliphatic hydroxyl groups excluding tert-OH is 1. The predicted octanol–water partition coefficient (Wildman–Crippen LogP) is 6.31. The summed E-state index contributed by atoms with van der Waals surface area (Å²) in [6.07, 6.45) is 4.63. The van der Waals surface area contributed by atoms with Crippen LogP contribution in [-0.4, -0.2) is 121 Å². The van der Waals surface area contributed by atoms with Crippen molar-refractivity contribution in [2.45, 2.75) is 93.2 Å². The lowest BCUT2D eigenvalue weighted by Gasteiger charge is -2.63. The first-order valence-corrected chi connectivity index (χ1v) is 23.9. The quantitative estimate of drug-likeness (QED) is 0.0818. The third-order valence-corrected chi connectivity index (χ3v) is 16.6. The van der Waals surface area contributed by atoms with Crippen molar-refractivity contribution in [1.82, 2.24) is 14.8 Å². The Hall–Kier alpha value is -5.99. The highest BCUT2D eigenvalue weighted by atomic mass is 16.6. The number of likely N-dealkylation sites (N-methyl/N-ethyl adjacent to an activating group) is 1. The molecular formula is C55H62N4O9. The molecule has 356 valence electrons. The summed E-state index contributed by atoms with van der Waals surface area (Å²) in [5, 5.41) is 25.5. The lowest BCUT2D eigenvalue weighted by molar-refractivity contribution is -0.228. The fraction of sp³-hybridized carbons (Fsp3) is 0.436. The number of carbonyl (C=O) groups is 3. The van der Waals surface area contributed by atoms with Crippen LogP contribution in [0.25, 0.3) is 10.9 Å². The Morgan fingerprint density at radius 1 is 0.882 bits per heavy atom. The van der Waals surface area contributed by atoms with Crippen LogP contribution in [0.5, 0.6) is 5.75 Å². The van der Waals surface area contributed by atoms with Crippen molar-refractivity contribution in [2.75, 3.05) is 59.5 Å². The number of esters is 3. The van der Waals surface area contributed by atoms with Crippen molar-refractivity contribution in [2.24, 2.45) is 5.41 Å². The molecule has 2 fully saturated rings. The van der Waals surface area contributed by atoms with Crippen LogP contribution in [0.2, 0.25) is 0 Å². The SMILES string of the molecule is CC[C@]12C=CCN3CC[C@@]4(c5cc([C@@]6(C(=O)OC)C[C@@H](c7ccccc7CO)CN(Cc7ccccc7)CCc7c6[nH]c6ccccc76)c(OC)cc5N(C)[C@H]4[C@@](O)(C(=O)OC)[C@@H]1OC(C)=O)[C@@H]32. The first-order valence-electron chi connectivity index (χ1n) is 23.9. The number of H-pyrrole nitrogens is 1. The smallest absolute Gasteiger partial charge is 0.344 e. The maximum atomic E-state index is 15.8. The highest BCUT2D eigenvalue weighted by Gasteiger charge is 2.80. The van der Waals surface area contributed by atoms with Crippen molar-refractivity contribution in [3.63, 3.8) is 0 Å². The predicted molar refractivity (Wildman–Crippen MR) is 257 cm³/mol. The standard InChI is InChI=1S/C55H62N4O9/c1-7-52-23-15-25-59-27-24-53(47(52)59)41-28-42(45(65-4)29-44(41)57(3)48(53)55(64,51(63)67-6)49(52)68-34(2)61)54(50(62)66-5)30-37(38-19-12-11-18-36(38)33-60)32-58(31-35-16-9-8-10-17-35)26-22-40-39-20-13-14-21-43(39)56-46(40)54/h8-21,23,28-29,37,47-49,56,60,64H,7,22,24-27,30-33H2,1-6H3/t37-,47+,48-,49-,52-,53-,54+,55+/m1/s1. The van der Waals surface area contributed by atoms with Gasteiger partial charge < -0.3 is 39.0 Å². The fourth-order valence-corrected chi connectivity index (χ4v) is 14.1. The molecule has 10 rings (SSSR count). The number of benzene rings is 4. The number of rotatable bonds is 10. The van der Waals surface area contributed by atoms with Gasteiger partial charge in [-0.15, -0.1) is 0 Å². The van der Waals surface area contributed by atoms with Gasteiger partial charge in [0, 0.05) is 90.9 Å². The molecule has 1 saturated heterocycles. The van der Waals surface area contributed by atoms with Gasteiger partial charge in [-0.25, -0.2) is 4.79 Å². The van der Waals surface area contributed by atoms with Crippen LogP contribution in [0.4, 0.5) is 5.69 Å². The molecule has 0 amide bonds. The summed E-state index contributed by atoms with van der Waals surface area (Å²) in [7, 11) is 6.16. The van der Waals surface area contributed by atoms with Gasteiger partial charge in [0.2, 0.25) is 5.60 Å². The average molecular weight is 923 g/mol. The molecule has 0 radical (unpaired) electrons. The lowest BCUT2D eigenvalue weighted by atomic mass is 9.47. The molecule has 1 saturated carbocycles. The summed E-state index contributed by atoms with van der Waals surface area (Å²) in [5.41, 5.74) is 1.74. The van der Waals surface area contributed by atoms with Gasteiger partial charge in [-0.2, -0.15) is 0 Å². The Bertz CT molecular complexity index is 2810. The van der Waals surface area contributed by atoms with Gasteiger partial charge >= 0.3 is 17.9 Å². The van der Waals surface area contributed by atoms with E-state index in [9.17, 15) is 19.8 Å². The Morgan fingerprint density at radius 2 is 1.62 bits per heavy atom. The maximum Gasteiger partial charge on any atom is 0.344 e. The minimum Gasteiger partial charge on any atom is -0.496 e. The zero-order valence-electron chi connectivity index (χ0n) is 39.8. The second kappa shape index (κ2) is 17.2. The number of aliphatic hydroxyl groups is 2. The Balaban J connectivity index is 1.28. The van der Waals surface area contributed by atoms with Crippen molar-refractivity contribution in [1.29, 1.82) is 0 Å². The van der Waals surface area contributed by atoms with Gasteiger partial charge in [-0.1, -0.05) is 91.9 Å². The third kappa shape index (κ3) is 6.45. The van der Waals surface area contributed by atoms with Crippen LogP contribution in [0.15, 0.2) is 103 Å². The third-order valence-electron chi connectivity index (χ3n) is 16.6. The minimum atomic E-state index is -2.34. The van der Waals surface area contributed by atoms with Gasteiger partial charge in [0.1, 0.15) is 11.2 Å². The van der Waals surface area contributed by atoms with Crippen molar-refractivity contribution in [3.8, 4) is 5.75 Å². The van der Waals surface area contributed by atoms with E-state index in [1.165, 1.54) is 26.7 Å². The van der Waals surface area contributed by atoms with Crippen LogP contribution >= 0.6 is 0 Å². The molecule has 4 aliphatic heterocycles. The number of hydrogen-bond donors (Lipinski definition) is 3. The van der Waals surface area contributed by atoms with Gasteiger partial charge in [-0.05, 0) is 78.1 Å². The number of aromatic nitrogens is 1. The normalized spacial score (nSPS) is 29.7. The largest absolute Gasteiger partial charge is 0.496 e. The number of aromatic amines is 1. The van der Waals surface area contributed by atoms with Gasteiger partial charge in [0.05, 0.1) is 34.0 Å². The number of para-hydroxylation sites is 1. The van der Waals surface area contributed by atoms with E-state index in [2.05, 4.69) is 69.4 Å². The summed E-state index contributed by atoms with van der Waals surface area (Å²) >= 11 is 0. The summed E-state index contributed by atoms with van der Waals surface area (Å²) in [6.45, 7) is 6.30. The van der Waals surface area contributed by atoms with E-state index in [0.29, 0.717) is 69.0 Å². The highest BCUT2D eigenvalue weighted by Crippen LogP contribution is 2.68. The number of ether oxygens (including phenoxy) is 4. The molecule has 68 heavy (non-hydrogen) atoms. The number of hydrogen-bond acceptors (Lipinski definition) is 12. The zero-order valence-corrected chi connectivity index (χ0v) is 39.8. The van der Waals surface area contributed by atoms with Crippen molar-refractivity contribution in [3.05, 3.63) is 142 Å². The topological polar surface area (TPSA) is 154 Å². The molecule has 5 aromatic rings. The molecule has 0 unspecified atom stereocenters. The van der Waals surface area contributed by atoms with E-state index in [1.807, 2.05) is 67.4 Å².